The van der Waals surface area contributed by atoms with Crippen molar-refractivity contribution in [3.05, 3.63) is 34.7 Å². The fourth-order valence-electron chi connectivity index (χ4n) is 5.35. The van der Waals surface area contributed by atoms with E-state index in [1.807, 2.05) is 6.07 Å². The highest BCUT2D eigenvalue weighted by Gasteiger charge is 2.54. The van der Waals surface area contributed by atoms with Crippen molar-refractivity contribution in [2.75, 3.05) is 5.32 Å². The molecule has 0 unspecified atom stereocenters. The molecule has 114 valence electrons. The van der Waals surface area contributed by atoms with Gasteiger partial charge in [-0.2, -0.15) is 0 Å². The quantitative estimate of drug-likeness (QED) is 0.486. The molecular weight excluding hydrogens is 276 g/mol. The summed E-state index contributed by atoms with van der Waals surface area (Å²) in [6, 6.07) is 7.13. The lowest BCUT2D eigenvalue weighted by molar-refractivity contribution is -0.140. The van der Waals surface area contributed by atoms with Crippen LogP contribution in [0.3, 0.4) is 0 Å². The van der Waals surface area contributed by atoms with Crippen LogP contribution in [0.4, 0.5) is 11.4 Å². The predicted molar refractivity (Wildman–Crippen MR) is 84.5 cm³/mol. The van der Waals surface area contributed by atoms with Crippen LogP contribution in [0.1, 0.15) is 38.5 Å². The number of carbonyl (C=O) groups excluding carboxylic acids is 1. The predicted octanol–water partition coefficient (Wildman–Crippen LogP) is 4.78. The van der Waals surface area contributed by atoms with Crippen molar-refractivity contribution < 1.29 is 4.79 Å². The highest BCUT2D eigenvalue weighted by atomic mass is 16.2. The van der Waals surface area contributed by atoms with Crippen molar-refractivity contribution in [3.8, 4) is 0 Å². The molecule has 4 saturated carbocycles. The highest BCUT2D eigenvalue weighted by molar-refractivity contribution is 5.96. The SMILES string of the molecule is [N-]=[N+]=Nc1cccc(NC(=O)C23CC4CC(CC(C4)C2)C3)c1. The van der Waals surface area contributed by atoms with Gasteiger partial charge in [0.15, 0.2) is 0 Å². The zero-order valence-electron chi connectivity index (χ0n) is 12.5. The minimum atomic E-state index is -0.150. The first-order valence-electron chi connectivity index (χ1n) is 8.13. The van der Waals surface area contributed by atoms with E-state index in [0.29, 0.717) is 5.69 Å². The van der Waals surface area contributed by atoms with Gasteiger partial charge in [-0.15, -0.1) is 0 Å². The van der Waals surface area contributed by atoms with E-state index in [1.54, 1.807) is 18.2 Å². The first-order valence-corrected chi connectivity index (χ1v) is 8.13. The standard InChI is InChI=1S/C17H20N4O/c18-21-20-15-3-1-2-14(7-15)19-16(22)17-8-11-4-12(9-17)6-13(5-11)10-17/h1-3,7,11-13H,4-6,8-10H2,(H,19,22). The van der Waals surface area contributed by atoms with Gasteiger partial charge >= 0.3 is 0 Å². The van der Waals surface area contributed by atoms with Crippen molar-refractivity contribution in [2.45, 2.75) is 38.5 Å². The molecule has 1 aromatic carbocycles. The van der Waals surface area contributed by atoms with Crippen molar-refractivity contribution in [3.63, 3.8) is 0 Å². The monoisotopic (exact) mass is 296 g/mol. The smallest absolute Gasteiger partial charge is 0.230 e. The van der Waals surface area contributed by atoms with Gasteiger partial charge in [0, 0.05) is 16.3 Å². The molecule has 5 nitrogen and oxygen atoms in total. The van der Waals surface area contributed by atoms with Gasteiger partial charge in [-0.1, -0.05) is 17.2 Å². The fourth-order valence-corrected chi connectivity index (χ4v) is 5.35. The average molecular weight is 296 g/mol. The molecule has 0 radical (unpaired) electrons. The van der Waals surface area contributed by atoms with Crippen LogP contribution >= 0.6 is 0 Å². The highest BCUT2D eigenvalue weighted by Crippen LogP contribution is 2.60. The van der Waals surface area contributed by atoms with E-state index in [1.165, 1.54) is 19.3 Å². The molecule has 4 aliphatic carbocycles. The van der Waals surface area contributed by atoms with Crippen molar-refractivity contribution in [1.29, 1.82) is 0 Å². The maximum Gasteiger partial charge on any atom is 0.230 e. The van der Waals surface area contributed by atoms with E-state index in [0.717, 1.165) is 42.7 Å². The Balaban J connectivity index is 1.55. The van der Waals surface area contributed by atoms with Gasteiger partial charge in [-0.05, 0) is 73.9 Å². The molecule has 5 heteroatoms. The molecule has 1 amide bonds. The summed E-state index contributed by atoms with van der Waals surface area (Å²) in [6.07, 6.45) is 7.17. The summed E-state index contributed by atoms with van der Waals surface area (Å²) in [4.78, 5) is 15.7. The summed E-state index contributed by atoms with van der Waals surface area (Å²) in [5, 5.41) is 6.67. The normalized spacial score (nSPS) is 35.0. The van der Waals surface area contributed by atoms with Gasteiger partial charge in [0.1, 0.15) is 0 Å². The van der Waals surface area contributed by atoms with Crippen molar-refractivity contribution >= 4 is 17.3 Å². The first-order chi connectivity index (χ1) is 10.7. The molecule has 1 aromatic rings. The average Bonchev–Trinajstić information content (AvgIpc) is 2.46. The number of azide groups is 1. The Labute approximate surface area is 129 Å². The van der Waals surface area contributed by atoms with E-state index in [2.05, 4.69) is 15.3 Å². The Morgan fingerprint density at radius 2 is 1.82 bits per heavy atom. The minimum absolute atomic E-state index is 0.150. The third-order valence-electron chi connectivity index (χ3n) is 5.78. The van der Waals surface area contributed by atoms with E-state index < -0.39 is 0 Å². The third kappa shape index (κ3) is 2.26. The number of hydrogen-bond donors (Lipinski definition) is 1. The third-order valence-corrected chi connectivity index (χ3v) is 5.78. The summed E-state index contributed by atoms with van der Waals surface area (Å²) in [7, 11) is 0. The van der Waals surface area contributed by atoms with Gasteiger partial charge in [0.2, 0.25) is 5.91 Å². The summed E-state index contributed by atoms with van der Waals surface area (Å²) >= 11 is 0. The number of carbonyl (C=O) groups is 1. The van der Waals surface area contributed by atoms with Crippen LogP contribution in [0.15, 0.2) is 29.4 Å². The van der Waals surface area contributed by atoms with Gasteiger partial charge < -0.3 is 5.32 Å². The number of benzene rings is 1. The van der Waals surface area contributed by atoms with Crippen LogP contribution in [0, 0.1) is 23.2 Å². The maximum atomic E-state index is 12.9. The lowest BCUT2D eigenvalue weighted by Crippen LogP contribution is -2.51. The molecule has 22 heavy (non-hydrogen) atoms. The topological polar surface area (TPSA) is 77.9 Å². The molecule has 5 rings (SSSR count). The van der Waals surface area contributed by atoms with E-state index in [-0.39, 0.29) is 11.3 Å². The van der Waals surface area contributed by atoms with E-state index in [4.69, 9.17) is 5.53 Å². The van der Waals surface area contributed by atoms with Crippen LogP contribution in [0.25, 0.3) is 10.4 Å². The number of rotatable bonds is 3. The van der Waals surface area contributed by atoms with Gasteiger partial charge in [0.25, 0.3) is 0 Å². The number of nitrogens with zero attached hydrogens (tertiary/aromatic N) is 3. The molecular formula is C17H20N4O. The van der Waals surface area contributed by atoms with Crippen LogP contribution < -0.4 is 5.32 Å². The molecule has 0 heterocycles. The Hall–Kier alpha value is -2.00. The largest absolute Gasteiger partial charge is 0.326 e. The Morgan fingerprint density at radius 3 is 2.41 bits per heavy atom. The lowest BCUT2D eigenvalue weighted by Gasteiger charge is -2.55. The Bertz CT molecular complexity index is 627. The molecule has 0 spiro atoms. The van der Waals surface area contributed by atoms with Crippen LogP contribution in [-0.2, 0) is 4.79 Å². The number of anilines is 1. The fraction of sp³-hybridized carbons (Fsp3) is 0.588. The second kappa shape index (κ2) is 5.03. The van der Waals surface area contributed by atoms with Gasteiger partial charge in [-0.25, -0.2) is 0 Å². The molecule has 0 aromatic heterocycles. The minimum Gasteiger partial charge on any atom is -0.326 e. The molecule has 0 atom stereocenters. The summed E-state index contributed by atoms with van der Waals surface area (Å²) < 4.78 is 0. The lowest BCUT2D eigenvalue weighted by atomic mass is 9.49. The maximum absolute atomic E-state index is 12.9. The molecule has 1 N–H and O–H groups in total. The van der Waals surface area contributed by atoms with Gasteiger partial charge in [-0.3, -0.25) is 4.79 Å². The zero-order valence-corrected chi connectivity index (χ0v) is 12.5. The zero-order chi connectivity index (χ0) is 15.2. The number of hydrogen-bond acceptors (Lipinski definition) is 2. The van der Waals surface area contributed by atoms with Crippen molar-refractivity contribution in [2.24, 2.45) is 28.3 Å². The second-order valence-corrected chi connectivity index (χ2v) is 7.39. The number of nitrogens with one attached hydrogen (secondary N) is 1. The molecule has 4 bridgehead atoms. The van der Waals surface area contributed by atoms with Gasteiger partial charge in [0.05, 0.1) is 5.41 Å². The summed E-state index contributed by atoms with van der Waals surface area (Å²) in [5.74, 6) is 2.44. The molecule has 0 saturated heterocycles. The van der Waals surface area contributed by atoms with Crippen LogP contribution in [-0.4, -0.2) is 5.91 Å². The van der Waals surface area contributed by atoms with Crippen LogP contribution in [0.5, 0.6) is 0 Å². The van der Waals surface area contributed by atoms with Crippen molar-refractivity contribution in [1.82, 2.24) is 0 Å². The molecule has 4 fully saturated rings. The van der Waals surface area contributed by atoms with E-state index in [9.17, 15) is 4.79 Å². The van der Waals surface area contributed by atoms with Crippen LogP contribution in [0.2, 0.25) is 0 Å². The molecule has 4 aliphatic rings. The summed E-state index contributed by atoms with van der Waals surface area (Å²) in [6.45, 7) is 0. The second-order valence-electron chi connectivity index (χ2n) is 7.39. The Morgan fingerprint density at radius 1 is 1.18 bits per heavy atom. The first kappa shape index (κ1) is 13.6. The van der Waals surface area contributed by atoms with E-state index >= 15 is 0 Å². The molecule has 0 aliphatic heterocycles. The number of amides is 1. The summed E-state index contributed by atoms with van der Waals surface area (Å²) in [5.41, 5.74) is 9.63. The Kier molecular flexibility index (Phi) is 3.12.